The maximum atomic E-state index is 10.7. The molecule has 2 aromatic rings. The van der Waals surface area contributed by atoms with Crippen LogP contribution >= 0.6 is 27.3 Å². The van der Waals surface area contributed by atoms with E-state index in [0.717, 1.165) is 15.2 Å². The topological polar surface area (TPSA) is 86.0 Å². The van der Waals surface area contributed by atoms with Crippen molar-refractivity contribution in [3.63, 3.8) is 0 Å². The summed E-state index contributed by atoms with van der Waals surface area (Å²) >= 11 is 4.68. The summed E-state index contributed by atoms with van der Waals surface area (Å²) in [5.74, 6) is -1.01. The van der Waals surface area contributed by atoms with Gasteiger partial charge in [0.15, 0.2) is 5.69 Å². The third-order valence-corrected chi connectivity index (χ3v) is 3.93. The number of nitriles is 1. The molecule has 1 heterocycles. The Hall–Kier alpha value is -1.91. The van der Waals surface area contributed by atoms with E-state index in [9.17, 15) is 4.79 Å². The lowest BCUT2D eigenvalue weighted by Gasteiger charge is -2.07. The van der Waals surface area contributed by atoms with Crippen LogP contribution in [0.25, 0.3) is 0 Å². The number of nitrogens with one attached hydrogen (secondary N) is 1. The Bertz CT molecular complexity index is 678. The molecule has 0 saturated heterocycles. The molecule has 5 nitrogen and oxygen atoms in total. The van der Waals surface area contributed by atoms with Crippen molar-refractivity contribution in [3.05, 3.63) is 44.3 Å². The standard InChI is InChI=1S/C13H10BrN3O2S/c14-9-2-1-8(6-15)10(5-9)16-4-3-12-17-11(7-20-12)13(18)19/h1-2,5,7,16H,3-4H2,(H,18,19). The Kier molecular flexibility index (Phi) is 4.71. The zero-order valence-electron chi connectivity index (χ0n) is 10.3. The Balaban J connectivity index is 1.97. The van der Waals surface area contributed by atoms with Crippen LogP contribution in [-0.2, 0) is 6.42 Å². The summed E-state index contributed by atoms with van der Waals surface area (Å²) in [5.41, 5.74) is 1.39. The van der Waals surface area contributed by atoms with Crippen molar-refractivity contribution in [1.29, 1.82) is 5.26 Å². The van der Waals surface area contributed by atoms with Gasteiger partial charge in [-0.25, -0.2) is 9.78 Å². The molecular weight excluding hydrogens is 342 g/mol. The minimum absolute atomic E-state index is 0.0742. The van der Waals surface area contributed by atoms with Gasteiger partial charge < -0.3 is 10.4 Å². The normalized spacial score (nSPS) is 10.0. The van der Waals surface area contributed by atoms with Crippen LogP contribution in [0.3, 0.4) is 0 Å². The van der Waals surface area contributed by atoms with Crippen LogP contribution in [0, 0.1) is 11.3 Å². The molecule has 1 aromatic carbocycles. The third kappa shape index (κ3) is 3.56. The molecule has 2 rings (SSSR count). The number of thiazole rings is 1. The number of carbonyl (C=O) groups is 1. The van der Waals surface area contributed by atoms with Crippen LogP contribution in [0.1, 0.15) is 21.1 Å². The third-order valence-electron chi connectivity index (χ3n) is 2.53. The predicted octanol–water partition coefficient (Wildman–Crippen LogP) is 3.13. The van der Waals surface area contributed by atoms with Crippen molar-refractivity contribution in [3.8, 4) is 6.07 Å². The largest absolute Gasteiger partial charge is 0.476 e. The van der Waals surface area contributed by atoms with Gasteiger partial charge in [-0.3, -0.25) is 0 Å². The van der Waals surface area contributed by atoms with E-state index in [1.54, 1.807) is 6.07 Å². The van der Waals surface area contributed by atoms with E-state index in [2.05, 4.69) is 32.3 Å². The minimum atomic E-state index is -1.01. The van der Waals surface area contributed by atoms with E-state index in [4.69, 9.17) is 10.4 Å². The first kappa shape index (κ1) is 14.5. The molecule has 2 N–H and O–H groups in total. The summed E-state index contributed by atoms with van der Waals surface area (Å²) in [7, 11) is 0. The summed E-state index contributed by atoms with van der Waals surface area (Å²) in [6, 6.07) is 7.50. The molecule has 0 saturated carbocycles. The average Bonchev–Trinajstić information content (AvgIpc) is 2.88. The van der Waals surface area contributed by atoms with E-state index in [1.165, 1.54) is 16.7 Å². The van der Waals surface area contributed by atoms with E-state index < -0.39 is 5.97 Å². The van der Waals surface area contributed by atoms with Crippen LogP contribution in [0.15, 0.2) is 28.1 Å². The lowest BCUT2D eigenvalue weighted by atomic mass is 10.2. The fourth-order valence-corrected chi connectivity index (χ4v) is 2.72. The van der Waals surface area contributed by atoms with Gasteiger partial charge >= 0.3 is 5.97 Å². The van der Waals surface area contributed by atoms with Crippen LogP contribution in [0.2, 0.25) is 0 Å². The van der Waals surface area contributed by atoms with E-state index in [1.807, 2.05) is 12.1 Å². The number of carboxylic acids is 1. The van der Waals surface area contributed by atoms with Crippen molar-refractivity contribution in [2.24, 2.45) is 0 Å². The summed E-state index contributed by atoms with van der Waals surface area (Å²) in [5, 5.41) is 23.2. The molecule has 0 aliphatic rings. The monoisotopic (exact) mass is 351 g/mol. The average molecular weight is 352 g/mol. The Morgan fingerprint density at radius 2 is 2.35 bits per heavy atom. The first-order valence-corrected chi connectivity index (χ1v) is 7.38. The predicted molar refractivity (Wildman–Crippen MR) is 80.1 cm³/mol. The maximum Gasteiger partial charge on any atom is 0.355 e. The maximum absolute atomic E-state index is 10.7. The number of aromatic nitrogens is 1. The molecule has 102 valence electrons. The number of rotatable bonds is 5. The van der Waals surface area contributed by atoms with Gasteiger partial charge in [0, 0.05) is 22.8 Å². The van der Waals surface area contributed by atoms with Gasteiger partial charge in [-0.1, -0.05) is 15.9 Å². The van der Waals surface area contributed by atoms with E-state index in [0.29, 0.717) is 18.5 Å². The Morgan fingerprint density at radius 3 is 3.00 bits per heavy atom. The van der Waals surface area contributed by atoms with Gasteiger partial charge in [-0.2, -0.15) is 5.26 Å². The van der Waals surface area contributed by atoms with Crippen LogP contribution in [0.5, 0.6) is 0 Å². The van der Waals surface area contributed by atoms with Crippen LogP contribution in [0.4, 0.5) is 5.69 Å². The molecule has 0 fully saturated rings. The Morgan fingerprint density at radius 1 is 1.55 bits per heavy atom. The molecule has 0 bridgehead atoms. The molecule has 0 radical (unpaired) electrons. The number of hydrogen-bond donors (Lipinski definition) is 2. The first-order valence-electron chi connectivity index (χ1n) is 5.71. The van der Waals surface area contributed by atoms with Crippen LogP contribution < -0.4 is 5.32 Å². The quantitative estimate of drug-likeness (QED) is 0.864. The molecular formula is C13H10BrN3O2S. The molecule has 0 aliphatic carbocycles. The van der Waals surface area contributed by atoms with Gasteiger partial charge in [0.05, 0.1) is 16.3 Å². The molecule has 0 unspecified atom stereocenters. The van der Waals surface area contributed by atoms with E-state index >= 15 is 0 Å². The van der Waals surface area contributed by atoms with Gasteiger partial charge in [0.1, 0.15) is 6.07 Å². The number of aromatic carboxylic acids is 1. The lowest BCUT2D eigenvalue weighted by Crippen LogP contribution is -2.06. The van der Waals surface area contributed by atoms with Crippen molar-refractivity contribution < 1.29 is 9.90 Å². The molecule has 7 heteroatoms. The highest BCUT2D eigenvalue weighted by Crippen LogP contribution is 2.21. The van der Waals surface area contributed by atoms with Crippen molar-refractivity contribution in [1.82, 2.24) is 4.98 Å². The number of halogens is 1. The van der Waals surface area contributed by atoms with Gasteiger partial charge in [-0.05, 0) is 18.2 Å². The smallest absolute Gasteiger partial charge is 0.355 e. The molecule has 0 spiro atoms. The molecule has 20 heavy (non-hydrogen) atoms. The minimum Gasteiger partial charge on any atom is -0.476 e. The second kappa shape index (κ2) is 6.50. The number of benzene rings is 1. The first-order chi connectivity index (χ1) is 9.60. The summed E-state index contributed by atoms with van der Waals surface area (Å²) in [6.45, 7) is 0.581. The lowest BCUT2D eigenvalue weighted by molar-refractivity contribution is 0.0691. The zero-order chi connectivity index (χ0) is 14.5. The number of carboxylic acid groups (broad SMARTS) is 1. The number of hydrogen-bond acceptors (Lipinski definition) is 5. The summed E-state index contributed by atoms with van der Waals surface area (Å²) < 4.78 is 0.890. The summed E-state index contributed by atoms with van der Waals surface area (Å²) in [4.78, 5) is 14.7. The molecule has 0 amide bonds. The van der Waals surface area contributed by atoms with Crippen molar-refractivity contribution >= 4 is 38.9 Å². The zero-order valence-corrected chi connectivity index (χ0v) is 12.7. The van der Waals surface area contributed by atoms with Gasteiger partial charge in [0.2, 0.25) is 0 Å². The fraction of sp³-hybridized carbons (Fsp3) is 0.154. The SMILES string of the molecule is N#Cc1ccc(Br)cc1NCCc1nc(C(=O)O)cs1. The molecule has 0 aliphatic heterocycles. The highest BCUT2D eigenvalue weighted by atomic mass is 79.9. The molecule has 1 aromatic heterocycles. The van der Waals surface area contributed by atoms with Gasteiger partial charge in [0.25, 0.3) is 0 Å². The highest BCUT2D eigenvalue weighted by molar-refractivity contribution is 9.10. The van der Waals surface area contributed by atoms with Crippen LogP contribution in [-0.4, -0.2) is 22.6 Å². The number of anilines is 1. The van der Waals surface area contributed by atoms with Crippen molar-refractivity contribution in [2.75, 3.05) is 11.9 Å². The molecule has 0 atom stereocenters. The summed E-state index contributed by atoms with van der Waals surface area (Å²) in [6.07, 6.45) is 0.606. The second-order valence-electron chi connectivity index (χ2n) is 3.91. The second-order valence-corrected chi connectivity index (χ2v) is 5.77. The van der Waals surface area contributed by atoms with E-state index in [-0.39, 0.29) is 5.69 Å². The van der Waals surface area contributed by atoms with Gasteiger partial charge in [-0.15, -0.1) is 11.3 Å². The fourth-order valence-electron chi connectivity index (χ4n) is 1.59. The highest BCUT2D eigenvalue weighted by Gasteiger charge is 2.08. The Labute approximate surface area is 128 Å². The number of nitrogens with zero attached hydrogens (tertiary/aromatic N) is 2. The van der Waals surface area contributed by atoms with Crippen molar-refractivity contribution in [2.45, 2.75) is 6.42 Å².